The first kappa shape index (κ1) is 10.7. The minimum absolute atomic E-state index is 0.0428. The Kier molecular flexibility index (Phi) is 4.78. The topological polar surface area (TPSA) is 111 Å². The fraction of sp³-hybridized carbons (Fsp3) is 0.667. The fourth-order valence-electron chi connectivity index (χ4n) is 0.415. The molecule has 6 nitrogen and oxygen atoms in total. The monoisotopic (exact) mass is 175 g/mol. The van der Waals surface area contributed by atoms with Gasteiger partial charge >= 0.3 is 5.97 Å². The Morgan fingerprint density at radius 3 is 2.67 bits per heavy atom. The van der Waals surface area contributed by atoms with Gasteiger partial charge in [0.1, 0.15) is 13.2 Å². The molecule has 0 aliphatic heterocycles. The van der Waals surface area contributed by atoms with E-state index in [2.05, 4.69) is 9.73 Å². The molecule has 0 bridgehead atoms. The summed E-state index contributed by atoms with van der Waals surface area (Å²) >= 11 is 0. The van der Waals surface area contributed by atoms with Gasteiger partial charge in [0.25, 0.3) is 0 Å². The number of carbonyl (C=O) groups is 1. The highest BCUT2D eigenvalue weighted by Crippen LogP contribution is 1.84. The van der Waals surface area contributed by atoms with Crippen LogP contribution in [0.1, 0.15) is 6.92 Å². The number of aliphatic hydroxyl groups excluding tert-OH is 1. The van der Waals surface area contributed by atoms with Crippen molar-refractivity contribution in [3.05, 3.63) is 0 Å². The maximum Gasteiger partial charge on any atom is 0.327 e. The summed E-state index contributed by atoms with van der Waals surface area (Å²) in [4.78, 5) is 14.1. The highest BCUT2D eigenvalue weighted by atomic mass is 16.5. The summed E-state index contributed by atoms with van der Waals surface area (Å²) in [5.41, 5.74) is 9.93. The van der Waals surface area contributed by atoms with Crippen LogP contribution >= 0.6 is 0 Å². The van der Waals surface area contributed by atoms with E-state index in [9.17, 15) is 4.79 Å². The van der Waals surface area contributed by atoms with Crippen molar-refractivity contribution in [2.24, 2.45) is 16.5 Å². The van der Waals surface area contributed by atoms with Crippen molar-refractivity contribution in [2.75, 3.05) is 13.2 Å². The van der Waals surface area contributed by atoms with Crippen LogP contribution in [-0.2, 0) is 9.53 Å². The number of aliphatic hydroxyl groups is 1. The Hall–Kier alpha value is -1.30. The molecule has 0 aliphatic carbocycles. The van der Waals surface area contributed by atoms with E-state index < -0.39 is 12.1 Å². The Morgan fingerprint density at radius 1 is 1.67 bits per heavy atom. The largest absolute Gasteiger partial charge is 0.462 e. The van der Waals surface area contributed by atoms with Crippen molar-refractivity contribution in [1.29, 1.82) is 0 Å². The highest BCUT2D eigenvalue weighted by molar-refractivity contribution is 5.80. The number of esters is 1. The third-order valence-electron chi connectivity index (χ3n) is 0.876. The number of nitrogens with two attached hydrogens (primary N) is 2. The van der Waals surface area contributed by atoms with Gasteiger partial charge in [-0.1, -0.05) is 0 Å². The minimum atomic E-state index is -0.673. The number of hydrogen-bond acceptors (Lipinski definition) is 4. The van der Waals surface area contributed by atoms with Gasteiger partial charge in [-0.05, 0) is 6.92 Å². The molecule has 0 heterocycles. The van der Waals surface area contributed by atoms with E-state index in [1.54, 1.807) is 0 Å². The predicted octanol–water partition coefficient (Wildman–Crippen LogP) is -1.82. The Morgan fingerprint density at radius 2 is 2.25 bits per heavy atom. The van der Waals surface area contributed by atoms with Gasteiger partial charge in [0.05, 0.1) is 6.10 Å². The van der Waals surface area contributed by atoms with Crippen LogP contribution in [0, 0.1) is 0 Å². The van der Waals surface area contributed by atoms with E-state index in [4.69, 9.17) is 16.6 Å². The molecule has 0 aliphatic rings. The Labute approximate surface area is 70.2 Å². The van der Waals surface area contributed by atoms with Gasteiger partial charge in [-0.3, -0.25) is 4.79 Å². The molecule has 0 saturated carbocycles. The standard InChI is InChI=1S/C6H13N3O3/c1-4(10)3-12-5(11)2-9-6(7)8/h4,10H,2-3H2,1H3,(H4,7,8,9). The molecule has 0 fully saturated rings. The average Bonchev–Trinajstić information content (AvgIpc) is 1.96. The number of nitrogens with zero attached hydrogens (tertiary/aromatic N) is 1. The first-order valence-corrected chi connectivity index (χ1v) is 3.41. The maximum absolute atomic E-state index is 10.7. The number of ether oxygens (including phenoxy) is 1. The van der Waals surface area contributed by atoms with Crippen LogP contribution in [-0.4, -0.2) is 36.3 Å². The van der Waals surface area contributed by atoms with Gasteiger partial charge in [0.2, 0.25) is 0 Å². The van der Waals surface area contributed by atoms with Crippen LogP contribution in [0.25, 0.3) is 0 Å². The molecule has 0 amide bonds. The smallest absolute Gasteiger partial charge is 0.327 e. The van der Waals surface area contributed by atoms with Crippen molar-refractivity contribution in [3.8, 4) is 0 Å². The van der Waals surface area contributed by atoms with E-state index in [1.807, 2.05) is 0 Å². The summed E-state index contributed by atoms with van der Waals surface area (Å²) in [6.45, 7) is 1.25. The SMILES string of the molecule is CC(O)COC(=O)CN=C(N)N. The van der Waals surface area contributed by atoms with Gasteiger partial charge in [-0.15, -0.1) is 0 Å². The van der Waals surface area contributed by atoms with Gasteiger partial charge in [-0.2, -0.15) is 0 Å². The maximum atomic E-state index is 10.7. The quantitative estimate of drug-likeness (QED) is 0.265. The zero-order chi connectivity index (χ0) is 9.56. The second-order valence-electron chi connectivity index (χ2n) is 2.27. The minimum Gasteiger partial charge on any atom is -0.462 e. The summed E-state index contributed by atoms with van der Waals surface area (Å²) < 4.78 is 4.55. The highest BCUT2D eigenvalue weighted by Gasteiger charge is 2.03. The fourth-order valence-corrected chi connectivity index (χ4v) is 0.415. The molecular formula is C6H13N3O3. The summed E-state index contributed by atoms with van der Waals surface area (Å²) in [6, 6.07) is 0. The molecule has 0 rings (SSSR count). The molecule has 5 N–H and O–H groups in total. The molecule has 0 radical (unpaired) electrons. The molecule has 0 spiro atoms. The summed E-state index contributed by atoms with van der Waals surface area (Å²) in [6.07, 6.45) is -0.673. The lowest BCUT2D eigenvalue weighted by Crippen LogP contribution is -2.25. The first-order chi connectivity index (χ1) is 5.52. The lowest BCUT2D eigenvalue weighted by molar-refractivity contribution is -0.144. The molecule has 6 heteroatoms. The summed E-state index contributed by atoms with van der Waals surface area (Å²) in [5, 5.41) is 8.72. The van der Waals surface area contributed by atoms with Crippen molar-refractivity contribution >= 4 is 11.9 Å². The van der Waals surface area contributed by atoms with Crippen LogP contribution in [0.4, 0.5) is 0 Å². The van der Waals surface area contributed by atoms with Crippen LogP contribution in [0.3, 0.4) is 0 Å². The first-order valence-electron chi connectivity index (χ1n) is 3.41. The van der Waals surface area contributed by atoms with E-state index in [-0.39, 0.29) is 19.1 Å². The van der Waals surface area contributed by atoms with E-state index in [0.717, 1.165) is 0 Å². The number of aliphatic imine (C=N–C) groups is 1. The number of carbonyl (C=O) groups excluding carboxylic acids is 1. The third-order valence-corrected chi connectivity index (χ3v) is 0.876. The Bertz CT molecular complexity index is 175. The molecule has 0 aromatic rings. The molecule has 0 saturated heterocycles. The molecule has 70 valence electrons. The second kappa shape index (κ2) is 5.36. The number of rotatable bonds is 4. The van der Waals surface area contributed by atoms with Gasteiger partial charge in [0, 0.05) is 0 Å². The third kappa shape index (κ3) is 6.81. The van der Waals surface area contributed by atoms with E-state index in [0.29, 0.717) is 0 Å². The molecule has 0 aromatic heterocycles. The van der Waals surface area contributed by atoms with Crippen molar-refractivity contribution < 1.29 is 14.6 Å². The average molecular weight is 175 g/mol. The lowest BCUT2D eigenvalue weighted by atomic mass is 10.4. The van der Waals surface area contributed by atoms with Crippen LogP contribution < -0.4 is 11.5 Å². The van der Waals surface area contributed by atoms with Crippen molar-refractivity contribution in [1.82, 2.24) is 0 Å². The number of guanidine groups is 1. The zero-order valence-corrected chi connectivity index (χ0v) is 6.86. The molecule has 0 aromatic carbocycles. The molecular weight excluding hydrogens is 162 g/mol. The van der Waals surface area contributed by atoms with Crippen LogP contribution in [0.5, 0.6) is 0 Å². The zero-order valence-electron chi connectivity index (χ0n) is 6.86. The number of hydrogen-bond donors (Lipinski definition) is 3. The van der Waals surface area contributed by atoms with E-state index >= 15 is 0 Å². The molecule has 1 unspecified atom stereocenters. The van der Waals surface area contributed by atoms with Crippen molar-refractivity contribution in [2.45, 2.75) is 13.0 Å². The van der Waals surface area contributed by atoms with Gasteiger partial charge in [-0.25, -0.2) is 4.99 Å². The predicted molar refractivity (Wildman–Crippen MR) is 43.3 cm³/mol. The molecule has 1 atom stereocenters. The van der Waals surface area contributed by atoms with Gasteiger partial charge in [0.15, 0.2) is 5.96 Å². The normalized spacial score (nSPS) is 11.8. The van der Waals surface area contributed by atoms with E-state index in [1.165, 1.54) is 6.92 Å². The second-order valence-corrected chi connectivity index (χ2v) is 2.27. The molecule has 12 heavy (non-hydrogen) atoms. The summed E-state index contributed by atoms with van der Waals surface area (Å²) in [7, 11) is 0. The van der Waals surface area contributed by atoms with Crippen molar-refractivity contribution in [3.63, 3.8) is 0 Å². The van der Waals surface area contributed by atoms with Crippen LogP contribution in [0.2, 0.25) is 0 Å². The van der Waals surface area contributed by atoms with Gasteiger partial charge < -0.3 is 21.3 Å². The Balaban J connectivity index is 3.54. The summed E-state index contributed by atoms with van der Waals surface area (Å²) in [5.74, 6) is -0.728. The lowest BCUT2D eigenvalue weighted by Gasteiger charge is -2.04. The van der Waals surface area contributed by atoms with Crippen LogP contribution in [0.15, 0.2) is 4.99 Å².